The zero-order chi connectivity index (χ0) is 13.9. The molecule has 0 aliphatic carbocycles. The van der Waals surface area contributed by atoms with Crippen molar-refractivity contribution in [2.24, 2.45) is 0 Å². The number of rotatable bonds is 3. The lowest BCUT2D eigenvalue weighted by molar-refractivity contribution is 0.121. The van der Waals surface area contributed by atoms with E-state index in [1.54, 1.807) is 0 Å². The summed E-state index contributed by atoms with van der Waals surface area (Å²) in [6.07, 6.45) is -0.648. The molecule has 0 bridgehead atoms. The van der Waals surface area contributed by atoms with Crippen LogP contribution in [0.4, 0.5) is 13.6 Å². The van der Waals surface area contributed by atoms with Crippen molar-refractivity contribution in [2.75, 3.05) is 0 Å². The van der Waals surface area contributed by atoms with Gasteiger partial charge in [0.2, 0.25) is 0 Å². The van der Waals surface area contributed by atoms with Gasteiger partial charge in [0.05, 0.1) is 0 Å². The Labute approximate surface area is 105 Å². The lowest BCUT2D eigenvalue weighted by Gasteiger charge is -2.29. The SMILES string of the molecule is CC(C)N(C(=O)Oc1ccc(F)cc1F)C(C)C. The molecular formula is C13H17F2NO2. The third-order valence-electron chi connectivity index (χ3n) is 2.41. The van der Waals surface area contributed by atoms with Crippen molar-refractivity contribution in [1.29, 1.82) is 0 Å². The number of benzene rings is 1. The van der Waals surface area contributed by atoms with Gasteiger partial charge in [-0.15, -0.1) is 0 Å². The summed E-state index contributed by atoms with van der Waals surface area (Å²) in [5, 5.41) is 0. The van der Waals surface area contributed by atoms with E-state index >= 15 is 0 Å². The molecule has 3 nitrogen and oxygen atoms in total. The molecule has 0 aliphatic rings. The second kappa shape index (κ2) is 5.80. The highest BCUT2D eigenvalue weighted by Gasteiger charge is 2.23. The van der Waals surface area contributed by atoms with Crippen LogP contribution in [0.2, 0.25) is 0 Å². The van der Waals surface area contributed by atoms with E-state index in [9.17, 15) is 13.6 Å². The molecule has 1 aromatic carbocycles. The maximum absolute atomic E-state index is 13.3. The highest BCUT2D eigenvalue weighted by Crippen LogP contribution is 2.19. The Kier molecular flexibility index (Phi) is 4.64. The quantitative estimate of drug-likeness (QED) is 0.828. The Morgan fingerprint density at radius 2 is 1.72 bits per heavy atom. The highest BCUT2D eigenvalue weighted by atomic mass is 19.1. The zero-order valence-corrected chi connectivity index (χ0v) is 10.9. The van der Waals surface area contributed by atoms with Crippen molar-refractivity contribution >= 4 is 6.09 Å². The molecule has 0 fully saturated rings. The zero-order valence-electron chi connectivity index (χ0n) is 10.9. The van der Waals surface area contributed by atoms with Crippen LogP contribution in [0.1, 0.15) is 27.7 Å². The summed E-state index contributed by atoms with van der Waals surface area (Å²) in [7, 11) is 0. The van der Waals surface area contributed by atoms with E-state index in [-0.39, 0.29) is 17.8 Å². The van der Waals surface area contributed by atoms with Gasteiger partial charge < -0.3 is 9.64 Å². The van der Waals surface area contributed by atoms with E-state index in [1.165, 1.54) is 4.90 Å². The van der Waals surface area contributed by atoms with Crippen LogP contribution in [0.25, 0.3) is 0 Å². The average Bonchev–Trinajstić information content (AvgIpc) is 2.21. The van der Waals surface area contributed by atoms with E-state index in [0.29, 0.717) is 6.07 Å². The fourth-order valence-electron chi connectivity index (χ4n) is 1.72. The molecule has 0 heterocycles. The third-order valence-corrected chi connectivity index (χ3v) is 2.41. The summed E-state index contributed by atoms with van der Waals surface area (Å²) >= 11 is 0. The first kappa shape index (κ1) is 14.4. The van der Waals surface area contributed by atoms with Crippen molar-refractivity contribution in [3.8, 4) is 5.75 Å². The smallest absolute Gasteiger partial charge is 0.407 e. The number of carbonyl (C=O) groups excluding carboxylic acids is 1. The largest absolute Gasteiger partial charge is 0.415 e. The maximum atomic E-state index is 13.3. The Hall–Kier alpha value is -1.65. The van der Waals surface area contributed by atoms with Gasteiger partial charge in [-0.05, 0) is 39.8 Å². The van der Waals surface area contributed by atoms with Crippen molar-refractivity contribution in [3.05, 3.63) is 29.8 Å². The molecule has 0 atom stereocenters. The summed E-state index contributed by atoms with van der Waals surface area (Å²) < 4.78 is 31.0. The minimum Gasteiger partial charge on any atom is -0.407 e. The van der Waals surface area contributed by atoms with Crippen LogP contribution >= 0.6 is 0 Å². The summed E-state index contributed by atoms with van der Waals surface area (Å²) in [5.74, 6) is -1.87. The monoisotopic (exact) mass is 257 g/mol. The fourth-order valence-corrected chi connectivity index (χ4v) is 1.72. The standard InChI is InChI=1S/C13H17F2NO2/c1-8(2)16(9(3)4)13(17)18-12-6-5-10(14)7-11(12)15/h5-9H,1-4H3. The minimum atomic E-state index is -0.893. The van der Waals surface area contributed by atoms with Crippen LogP contribution in [-0.4, -0.2) is 23.1 Å². The first-order chi connectivity index (χ1) is 8.32. The first-order valence-corrected chi connectivity index (χ1v) is 5.78. The van der Waals surface area contributed by atoms with E-state index < -0.39 is 17.7 Å². The number of ether oxygens (including phenoxy) is 1. The van der Waals surface area contributed by atoms with Crippen LogP contribution < -0.4 is 4.74 Å². The molecule has 1 amide bonds. The topological polar surface area (TPSA) is 29.5 Å². The average molecular weight is 257 g/mol. The van der Waals surface area contributed by atoms with Gasteiger partial charge in [-0.1, -0.05) is 0 Å². The number of hydrogen-bond acceptors (Lipinski definition) is 2. The van der Waals surface area contributed by atoms with Crippen molar-refractivity contribution < 1.29 is 18.3 Å². The maximum Gasteiger partial charge on any atom is 0.415 e. The Morgan fingerprint density at radius 3 is 2.17 bits per heavy atom. The van der Waals surface area contributed by atoms with E-state index in [4.69, 9.17) is 4.74 Å². The number of hydrogen-bond donors (Lipinski definition) is 0. The molecule has 0 radical (unpaired) electrons. The van der Waals surface area contributed by atoms with Crippen molar-refractivity contribution in [1.82, 2.24) is 4.90 Å². The Balaban J connectivity index is 2.86. The molecule has 0 aliphatic heterocycles. The lowest BCUT2D eigenvalue weighted by Crippen LogP contribution is -2.43. The van der Waals surface area contributed by atoms with Crippen LogP contribution in [-0.2, 0) is 0 Å². The normalized spacial score (nSPS) is 10.9. The number of amides is 1. The molecule has 1 aromatic rings. The van der Waals surface area contributed by atoms with Crippen LogP contribution in [0.5, 0.6) is 5.75 Å². The molecule has 1 rings (SSSR count). The highest BCUT2D eigenvalue weighted by molar-refractivity contribution is 5.71. The van der Waals surface area contributed by atoms with E-state index in [1.807, 2.05) is 27.7 Å². The van der Waals surface area contributed by atoms with Gasteiger partial charge in [0, 0.05) is 18.2 Å². The van der Waals surface area contributed by atoms with Crippen LogP contribution in [0, 0.1) is 11.6 Å². The van der Waals surface area contributed by atoms with E-state index in [0.717, 1.165) is 12.1 Å². The minimum absolute atomic E-state index is 0.0685. The van der Waals surface area contributed by atoms with Gasteiger partial charge in [-0.25, -0.2) is 13.6 Å². The predicted molar refractivity (Wildman–Crippen MR) is 64.5 cm³/mol. The van der Waals surface area contributed by atoms with Crippen LogP contribution in [0.15, 0.2) is 18.2 Å². The Morgan fingerprint density at radius 1 is 1.17 bits per heavy atom. The molecule has 0 aromatic heterocycles. The number of carbonyl (C=O) groups is 1. The molecule has 5 heteroatoms. The molecule has 0 saturated heterocycles. The van der Waals surface area contributed by atoms with Gasteiger partial charge >= 0.3 is 6.09 Å². The predicted octanol–water partition coefficient (Wildman–Crippen LogP) is 3.58. The van der Waals surface area contributed by atoms with Gasteiger partial charge in [0.15, 0.2) is 11.6 Å². The van der Waals surface area contributed by atoms with Crippen molar-refractivity contribution in [3.63, 3.8) is 0 Å². The lowest BCUT2D eigenvalue weighted by atomic mass is 10.2. The number of halogens is 2. The van der Waals surface area contributed by atoms with Gasteiger partial charge in [0.25, 0.3) is 0 Å². The third kappa shape index (κ3) is 3.42. The summed E-state index contributed by atoms with van der Waals surface area (Å²) in [4.78, 5) is 13.4. The van der Waals surface area contributed by atoms with Crippen LogP contribution in [0.3, 0.4) is 0 Å². The molecule has 100 valence electrons. The van der Waals surface area contributed by atoms with Gasteiger partial charge in [-0.3, -0.25) is 0 Å². The van der Waals surface area contributed by atoms with Gasteiger partial charge in [-0.2, -0.15) is 0 Å². The Bertz CT molecular complexity index is 425. The fraction of sp³-hybridized carbons (Fsp3) is 0.462. The van der Waals surface area contributed by atoms with Crippen molar-refractivity contribution in [2.45, 2.75) is 39.8 Å². The molecule has 0 unspecified atom stereocenters. The summed E-state index contributed by atoms with van der Waals surface area (Å²) in [6.45, 7) is 7.34. The second-order valence-corrected chi connectivity index (χ2v) is 4.54. The molecule has 0 spiro atoms. The molecular weight excluding hydrogens is 240 g/mol. The number of nitrogens with zero attached hydrogens (tertiary/aromatic N) is 1. The second-order valence-electron chi connectivity index (χ2n) is 4.54. The van der Waals surface area contributed by atoms with Gasteiger partial charge in [0.1, 0.15) is 5.82 Å². The molecule has 0 N–H and O–H groups in total. The summed E-state index contributed by atoms with van der Waals surface area (Å²) in [6, 6.07) is 2.68. The molecule has 0 saturated carbocycles. The first-order valence-electron chi connectivity index (χ1n) is 5.78. The molecule has 18 heavy (non-hydrogen) atoms. The van der Waals surface area contributed by atoms with E-state index in [2.05, 4.69) is 0 Å². The summed E-state index contributed by atoms with van der Waals surface area (Å²) in [5.41, 5.74) is 0.